The van der Waals surface area contributed by atoms with Crippen LogP contribution in [-0.2, 0) is 11.2 Å². The van der Waals surface area contributed by atoms with Gasteiger partial charge in [0.2, 0.25) is 5.91 Å². The van der Waals surface area contributed by atoms with Crippen molar-refractivity contribution in [3.8, 4) is 0 Å². The van der Waals surface area contributed by atoms with Gasteiger partial charge in [-0.05, 0) is 85.7 Å². The van der Waals surface area contributed by atoms with Crippen molar-refractivity contribution in [2.75, 3.05) is 5.32 Å². The number of hydrogen-bond donors (Lipinski definition) is 1. The summed E-state index contributed by atoms with van der Waals surface area (Å²) in [6, 6.07) is 5.95. The van der Waals surface area contributed by atoms with Gasteiger partial charge in [-0.25, -0.2) is 4.98 Å². The Labute approximate surface area is 206 Å². The molecule has 4 nitrogen and oxygen atoms in total. The number of carbonyl (C=O) groups is 1. The fraction of sp³-hybridized carbons (Fsp3) is 0.630. The smallest absolute Gasteiger partial charge is 0.228 e. The Morgan fingerprint density at radius 3 is 2.58 bits per heavy atom. The van der Waals surface area contributed by atoms with Gasteiger partial charge in [0.15, 0.2) is 0 Å². The fourth-order valence-electron chi connectivity index (χ4n) is 8.71. The van der Waals surface area contributed by atoms with Crippen LogP contribution in [-0.4, -0.2) is 15.5 Å². The van der Waals surface area contributed by atoms with Crippen LogP contribution in [0.2, 0.25) is 10.0 Å². The molecule has 2 heterocycles. The van der Waals surface area contributed by atoms with Gasteiger partial charge >= 0.3 is 0 Å². The Morgan fingerprint density at radius 2 is 1.79 bits per heavy atom. The summed E-state index contributed by atoms with van der Waals surface area (Å²) in [7, 11) is 0. The van der Waals surface area contributed by atoms with Crippen LogP contribution in [0.25, 0.3) is 0 Å². The molecule has 7 unspecified atom stereocenters. The lowest BCUT2D eigenvalue weighted by atomic mass is 9.47. The molecule has 1 amide bonds. The summed E-state index contributed by atoms with van der Waals surface area (Å²) < 4.78 is 2.49. The lowest BCUT2D eigenvalue weighted by Crippen LogP contribution is -2.54. The molecule has 0 saturated heterocycles. The van der Waals surface area contributed by atoms with Crippen LogP contribution in [0.4, 0.5) is 5.69 Å². The quantitative estimate of drug-likeness (QED) is 0.489. The third kappa shape index (κ3) is 3.16. The van der Waals surface area contributed by atoms with E-state index < -0.39 is 0 Å². The van der Waals surface area contributed by atoms with E-state index >= 15 is 0 Å². The number of halogens is 2. The fourth-order valence-corrected chi connectivity index (χ4v) is 9.20. The molecule has 6 rings (SSSR count). The van der Waals surface area contributed by atoms with Crippen molar-refractivity contribution in [1.29, 1.82) is 0 Å². The molecule has 0 radical (unpaired) electrons. The normalized spacial score (nSPS) is 39.2. The number of para-hydroxylation sites is 1. The number of amides is 1. The Hall–Kier alpha value is -1.52. The average Bonchev–Trinajstić information content (AvgIpc) is 3.40. The second-order valence-corrected chi connectivity index (χ2v) is 12.3. The molecule has 176 valence electrons. The number of nitrogens with one attached hydrogen (secondary N) is 1. The number of rotatable bonds is 2. The van der Waals surface area contributed by atoms with Gasteiger partial charge in [0, 0.05) is 30.8 Å². The number of hydrogen-bond acceptors (Lipinski definition) is 2. The third-order valence-corrected chi connectivity index (χ3v) is 10.9. The van der Waals surface area contributed by atoms with Crippen molar-refractivity contribution in [3.63, 3.8) is 0 Å². The molecule has 1 N–H and O–H groups in total. The molecular weight excluding hydrogens is 453 g/mol. The monoisotopic (exact) mass is 485 g/mol. The molecular formula is C27H33Cl2N3O. The molecule has 0 spiro atoms. The number of benzene rings is 1. The zero-order chi connectivity index (χ0) is 23.0. The van der Waals surface area contributed by atoms with Crippen molar-refractivity contribution < 1.29 is 4.79 Å². The lowest BCUT2D eigenvalue weighted by molar-refractivity contribution is -0.130. The van der Waals surface area contributed by atoms with Crippen LogP contribution in [0.3, 0.4) is 0 Å². The second kappa shape index (κ2) is 7.75. The minimum atomic E-state index is 0.0212. The number of fused-ring (bicyclic) bond motifs is 7. The van der Waals surface area contributed by atoms with Crippen LogP contribution in [0.1, 0.15) is 70.7 Å². The minimum Gasteiger partial charge on any atom is -0.331 e. The van der Waals surface area contributed by atoms with E-state index in [2.05, 4.69) is 34.9 Å². The lowest BCUT2D eigenvalue weighted by Gasteiger charge is -2.60. The summed E-state index contributed by atoms with van der Waals surface area (Å²) in [4.78, 5) is 18.1. The maximum Gasteiger partial charge on any atom is 0.228 e. The zero-order valence-corrected chi connectivity index (χ0v) is 21.0. The van der Waals surface area contributed by atoms with Gasteiger partial charge in [0.1, 0.15) is 5.82 Å². The van der Waals surface area contributed by atoms with Crippen molar-refractivity contribution in [2.45, 2.75) is 71.3 Å². The Morgan fingerprint density at radius 1 is 1.03 bits per heavy atom. The number of anilines is 1. The molecule has 7 atom stereocenters. The number of nitrogens with zero attached hydrogens (tertiary/aromatic N) is 2. The van der Waals surface area contributed by atoms with E-state index in [4.69, 9.17) is 23.2 Å². The van der Waals surface area contributed by atoms with Gasteiger partial charge in [-0.2, -0.15) is 0 Å². The molecule has 3 aliphatic carbocycles. The van der Waals surface area contributed by atoms with E-state index in [1.54, 1.807) is 12.1 Å². The van der Waals surface area contributed by atoms with Gasteiger partial charge in [0.05, 0.1) is 15.7 Å². The van der Waals surface area contributed by atoms with Crippen LogP contribution < -0.4 is 5.32 Å². The molecule has 33 heavy (non-hydrogen) atoms. The van der Waals surface area contributed by atoms with E-state index in [1.165, 1.54) is 31.5 Å². The zero-order valence-electron chi connectivity index (χ0n) is 19.5. The average molecular weight is 486 g/mol. The molecule has 0 bridgehead atoms. The van der Waals surface area contributed by atoms with Crippen molar-refractivity contribution in [1.82, 2.24) is 9.55 Å². The van der Waals surface area contributed by atoms with E-state index in [1.807, 2.05) is 12.3 Å². The summed E-state index contributed by atoms with van der Waals surface area (Å²) in [6.45, 7) is 4.95. The van der Waals surface area contributed by atoms with Crippen molar-refractivity contribution >= 4 is 34.8 Å². The number of aryl methyl sites for hydroxylation is 1. The molecule has 1 aliphatic heterocycles. The first-order valence-electron chi connectivity index (χ1n) is 12.6. The highest BCUT2D eigenvalue weighted by atomic mass is 35.5. The molecule has 6 heteroatoms. The maximum atomic E-state index is 13.5. The number of carbonyl (C=O) groups excluding carboxylic acids is 1. The summed E-state index contributed by atoms with van der Waals surface area (Å²) in [6.07, 6.45) is 13.5. The van der Waals surface area contributed by atoms with Gasteiger partial charge in [-0.15, -0.1) is 0 Å². The van der Waals surface area contributed by atoms with Crippen LogP contribution in [0, 0.1) is 34.5 Å². The summed E-state index contributed by atoms with van der Waals surface area (Å²) >= 11 is 12.7. The first-order valence-corrected chi connectivity index (χ1v) is 13.3. The Bertz CT molecular complexity index is 1080. The largest absolute Gasteiger partial charge is 0.331 e. The predicted octanol–water partition coefficient (Wildman–Crippen LogP) is 7.17. The van der Waals surface area contributed by atoms with E-state index in [0.29, 0.717) is 33.1 Å². The van der Waals surface area contributed by atoms with Crippen molar-refractivity contribution in [3.05, 3.63) is 46.5 Å². The first-order chi connectivity index (χ1) is 15.8. The molecule has 2 aromatic rings. The molecule has 1 aromatic carbocycles. The van der Waals surface area contributed by atoms with Crippen LogP contribution in [0.5, 0.6) is 0 Å². The van der Waals surface area contributed by atoms with Gasteiger partial charge in [-0.1, -0.05) is 43.1 Å². The minimum absolute atomic E-state index is 0.0212. The topological polar surface area (TPSA) is 46.9 Å². The van der Waals surface area contributed by atoms with Gasteiger partial charge in [-0.3, -0.25) is 4.79 Å². The number of imidazole rings is 1. The standard InChI is InChI=1S/C27H33Cl2N3O/c1-26-12-10-18-16(6-9-22-27(18,2)13-11-23-30-14-15-32(22)23)17(26)7-8-19(26)25(33)31-24-20(28)4-3-5-21(24)29/h3-5,14-19,22H,6-13H2,1-2H3,(H,31,33). The first kappa shape index (κ1) is 22.0. The number of aromatic nitrogens is 2. The highest BCUT2D eigenvalue weighted by molar-refractivity contribution is 6.39. The predicted molar refractivity (Wildman–Crippen MR) is 133 cm³/mol. The SMILES string of the molecule is CC12CCC3C(CCC4n5ccnc5CCC34C)C1CCC2C(=O)Nc1c(Cl)cccc1Cl. The summed E-state index contributed by atoms with van der Waals surface area (Å²) in [5, 5.41) is 4.10. The Kier molecular flexibility index (Phi) is 5.16. The van der Waals surface area contributed by atoms with E-state index in [9.17, 15) is 4.79 Å². The van der Waals surface area contributed by atoms with E-state index in [0.717, 1.165) is 37.5 Å². The summed E-state index contributed by atoms with van der Waals surface area (Å²) in [5.74, 6) is 3.46. The highest BCUT2D eigenvalue weighted by Gasteiger charge is 2.61. The summed E-state index contributed by atoms with van der Waals surface area (Å²) in [5.41, 5.74) is 0.943. The van der Waals surface area contributed by atoms with Gasteiger partial charge in [0.25, 0.3) is 0 Å². The molecule has 4 aliphatic rings. The Balaban J connectivity index is 1.25. The van der Waals surface area contributed by atoms with Gasteiger partial charge < -0.3 is 9.88 Å². The highest BCUT2D eigenvalue weighted by Crippen LogP contribution is 2.67. The van der Waals surface area contributed by atoms with Crippen molar-refractivity contribution in [2.24, 2.45) is 34.5 Å². The third-order valence-electron chi connectivity index (χ3n) is 10.3. The van der Waals surface area contributed by atoms with Crippen LogP contribution in [0.15, 0.2) is 30.6 Å². The second-order valence-electron chi connectivity index (χ2n) is 11.5. The van der Waals surface area contributed by atoms with E-state index in [-0.39, 0.29) is 17.2 Å². The van der Waals surface area contributed by atoms with Crippen LogP contribution >= 0.6 is 23.2 Å². The maximum absolute atomic E-state index is 13.5. The molecule has 3 saturated carbocycles. The molecule has 3 fully saturated rings. The molecule has 1 aromatic heterocycles.